The molecule has 0 aromatic heterocycles. The molecule has 0 bridgehead atoms. The lowest BCUT2D eigenvalue weighted by molar-refractivity contribution is -0.483. The Morgan fingerprint density at radius 1 is 1.38 bits per heavy atom. The van der Waals surface area contributed by atoms with Crippen molar-refractivity contribution in [1.82, 2.24) is 0 Å². The molecule has 0 saturated heterocycles. The molecule has 0 saturated carbocycles. The van der Waals surface area contributed by atoms with Gasteiger partial charge in [0.2, 0.25) is 6.54 Å². The van der Waals surface area contributed by atoms with Crippen LogP contribution < -0.4 is 0 Å². The summed E-state index contributed by atoms with van der Waals surface area (Å²) in [4.78, 5) is 19.9. The van der Waals surface area contributed by atoms with E-state index in [1.165, 1.54) is 0 Å². The van der Waals surface area contributed by atoms with Crippen molar-refractivity contribution in [3.8, 4) is 0 Å². The summed E-state index contributed by atoms with van der Waals surface area (Å²) in [6.45, 7) is -0.451. The average molecular weight is 180 g/mol. The molecule has 0 amide bonds. The van der Waals surface area contributed by atoms with Gasteiger partial charge in [0.1, 0.15) is 0 Å². The Labute approximate surface area is 74.5 Å². The number of rotatable bonds is 4. The van der Waals surface area contributed by atoms with Gasteiger partial charge in [-0.3, -0.25) is 10.1 Å². The second-order valence-corrected chi connectivity index (χ2v) is 2.55. The maximum Gasteiger partial charge on any atom is 0.233 e. The fraction of sp³-hybridized carbons (Fsp3) is 0.250. The average Bonchev–Trinajstić information content (AvgIpc) is 2.15. The number of hydrogen-bond acceptors (Lipinski definition) is 4. The second kappa shape index (κ2) is 4.30. The van der Waals surface area contributed by atoms with Gasteiger partial charge in [0.25, 0.3) is 0 Å². The van der Waals surface area contributed by atoms with Gasteiger partial charge in [-0.05, 0) is 5.56 Å². The molecule has 0 aliphatic carbocycles. The SMILES string of the molecule is O=N[C@@H](C[N+](=O)[O-])c1ccccc1. The van der Waals surface area contributed by atoms with E-state index in [9.17, 15) is 15.0 Å². The van der Waals surface area contributed by atoms with Crippen molar-refractivity contribution in [1.29, 1.82) is 0 Å². The normalized spacial score (nSPS) is 12.0. The van der Waals surface area contributed by atoms with Gasteiger partial charge >= 0.3 is 0 Å². The first kappa shape index (κ1) is 9.31. The number of nitroso groups, excluding NO2 is 1. The van der Waals surface area contributed by atoms with Crippen molar-refractivity contribution in [2.24, 2.45) is 5.18 Å². The molecule has 5 nitrogen and oxygen atoms in total. The van der Waals surface area contributed by atoms with Crippen molar-refractivity contribution in [3.63, 3.8) is 0 Å². The lowest BCUT2D eigenvalue weighted by Crippen LogP contribution is -2.09. The quantitative estimate of drug-likeness (QED) is 0.402. The minimum absolute atomic E-state index is 0.451. The first-order chi connectivity index (χ1) is 6.24. The van der Waals surface area contributed by atoms with E-state index in [2.05, 4.69) is 5.18 Å². The molecule has 0 aliphatic rings. The minimum atomic E-state index is -0.879. The second-order valence-electron chi connectivity index (χ2n) is 2.55. The van der Waals surface area contributed by atoms with Crippen LogP contribution in [0.5, 0.6) is 0 Å². The van der Waals surface area contributed by atoms with Gasteiger partial charge in [0.15, 0.2) is 6.04 Å². The molecule has 0 radical (unpaired) electrons. The topological polar surface area (TPSA) is 72.6 Å². The molecule has 0 fully saturated rings. The van der Waals surface area contributed by atoms with Crippen molar-refractivity contribution in [2.45, 2.75) is 6.04 Å². The molecule has 1 rings (SSSR count). The van der Waals surface area contributed by atoms with E-state index < -0.39 is 17.5 Å². The largest absolute Gasteiger partial charge is 0.264 e. The molecule has 13 heavy (non-hydrogen) atoms. The minimum Gasteiger partial charge on any atom is -0.264 e. The van der Waals surface area contributed by atoms with E-state index in [-0.39, 0.29) is 0 Å². The van der Waals surface area contributed by atoms with Gasteiger partial charge in [-0.1, -0.05) is 35.5 Å². The number of nitro groups is 1. The zero-order chi connectivity index (χ0) is 9.68. The Kier molecular flexibility index (Phi) is 3.08. The van der Waals surface area contributed by atoms with Crippen LogP contribution in [0.15, 0.2) is 35.5 Å². The fourth-order valence-corrected chi connectivity index (χ4v) is 1.02. The summed E-state index contributed by atoms with van der Waals surface area (Å²) < 4.78 is 0. The highest BCUT2D eigenvalue weighted by Crippen LogP contribution is 2.16. The predicted octanol–water partition coefficient (Wildman–Crippen LogP) is 1.77. The van der Waals surface area contributed by atoms with Gasteiger partial charge in [-0.15, -0.1) is 4.91 Å². The smallest absolute Gasteiger partial charge is 0.233 e. The van der Waals surface area contributed by atoms with Gasteiger partial charge in [-0.2, -0.15) is 0 Å². The van der Waals surface area contributed by atoms with Crippen LogP contribution in [-0.4, -0.2) is 11.5 Å². The Morgan fingerprint density at radius 2 is 2.00 bits per heavy atom. The molecule has 0 heterocycles. The first-order valence-electron chi connectivity index (χ1n) is 3.73. The van der Waals surface area contributed by atoms with E-state index >= 15 is 0 Å². The summed E-state index contributed by atoms with van der Waals surface area (Å²) in [5.41, 5.74) is 0.578. The molecule has 0 aliphatic heterocycles. The van der Waals surface area contributed by atoms with E-state index in [1.807, 2.05) is 0 Å². The van der Waals surface area contributed by atoms with Crippen LogP contribution in [0.3, 0.4) is 0 Å². The third kappa shape index (κ3) is 2.62. The van der Waals surface area contributed by atoms with Crippen LogP contribution in [0.2, 0.25) is 0 Å². The molecule has 68 valence electrons. The lowest BCUT2D eigenvalue weighted by Gasteiger charge is -2.02. The summed E-state index contributed by atoms with van der Waals surface area (Å²) in [6.07, 6.45) is 0. The summed E-state index contributed by atoms with van der Waals surface area (Å²) in [5.74, 6) is 0. The van der Waals surface area contributed by atoms with E-state index in [4.69, 9.17) is 0 Å². The van der Waals surface area contributed by atoms with Gasteiger partial charge in [-0.25, -0.2) is 0 Å². The van der Waals surface area contributed by atoms with E-state index in [0.717, 1.165) is 0 Å². The zero-order valence-corrected chi connectivity index (χ0v) is 6.79. The molecule has 0 N–H and O–H groups in total. The van der Waals surface area contributed by atoms with Crippen molar-refractivity contribution < 1.29 is 4.92 Å². The van der Waals surface area contributed by atoms with Crippen LogP contribution in [0.25, 0.3) is 0 Å². The molecule has 0 spiro atoms. The third-order valence-electron chi connectivity index (χ3n) is 1.63. The van der Waals surface area contributed by atoms with Crippen molar-refractivity contribution >= 4 is 0 Å². The van der Waals surface area contributed by atoms with Gasteiger partial charge in [0, 0.05) is 4.92 Å². The first-order valence-corrected chi connectivity index (χ1v) is 3.73. The molecule has 1 aromatic rings. The van der Waals surface area contributed by atoms with Gasteiger partial charge < -0.3 is 0 Å². The molecular weight excluding hydrogens is 172 g/mol. The summed E-state index contributed by atoms with van der Waals surface area (Å²) in [7, 11) is 0. The van der Waals surface area contributed by atoms with Crippen LogP contribution >= 0.6 is 0 Å². The summed E-state index contributed by atoms with van der Waals surface area (Å²) in [6, 6.07) is 7.63. The van der Waals surface area contributed by atoms with Crippen LogP contribution in [0.1, 0.15) is 11.6 Å². The number of benzene rings is 1. The highest BCUT2D eigenvalue weighted by atomic mass is 16.6. The molecule has 1 atom stereocenters. The predicted molar refractivity (Wildman–Crippen MR) is 46.8 cm³/mol. The molecular formula is C8H8N2O3. The lowest BCUT2D eigenvalue weighted by atomic mass is 10.1. The van der Waals surface area contributed by atoms with Gasteiger partial charge in [0.05, 0.1) is 0 Å². The Hall–Kier alpha value is -1.78. The fourth-order valence-electron chi connectivity index (χ4n) is 1.02. The Bertz CT molecular complexity index is 300. The maximum absolute atomic E-state index is 10.3. The zero-order valence-electron chi connectivity index (χ0n) is 6.79. The van der Waals surface area contributed by atoms with Crippen LogP contribution in [0.4, 0.5) is 0 Å². The Morgan fingerprint density at radius 3 is 2.46 bits per heavy atom. The molecule has 1 aromatic carbocycles. The van der Waals surface area contributed by atoms with E-state index in [1.54, 1.807) is 30.3 Å². The summed E-state index contributed by atoms with van der Waals surface area (Å²) >= 11 is 0. The standard InChI is InChI=1S/C8H8N2O3/c11-9-8(6-10(12)13)7-4-2-1-3-5-7/h1-5,8H,6H2/t8-/m0/s1. The van der Waals surface area contributed by atoms with E-state index in [0.29, 0.717) is 5.56 Å². The van der Waals surface area contributed by atoms with Crippen LogP contribution in [0, 0.1) is 15.0 Å². The third-order valence-corrected chi connectivity index (χ3v) is 1.63. The molecule has 0 unspecified atom stereocenters. The monoisotopic (exact) mass is 180 g/mol. The molecule has 5 heteroatoms. The number of hydrogen-bond donors (Lipinski definition) is 0. The highest BCUT2D eigenvalue weighted by Gasteiger charge is 2.17. The maximum atomic E-state index is 10.3. The Balaban J connectivity index is 2.78. The highest BCUT2D eigenvalue weighted by molar-refractivity contribution is 5.18. The number of nitrogens with zero attached hydrogens (tertiary/aromatic N) is 2. The van der Waals surface area contributed by atoms with Crippen molar-refractivity contribution in [3.05, 3.63) is 50.9 Å². The van der Waals surface area contributed by atoms with Crippen LogP contribution in [-0.2, 0) is 0 Å². The van der Waals surface area contributed by atoms with Crippen molar-refractivity contribution in [2.75, 3.05) is 6.54 Å². The summed E-state index contributed by atoms with van der Waals surface area (Å²) in [5, 5.41) is 12.9.